The lowest BCUT2D eigenvalue weighted by Crippen LogP contribution is -2.12. The average molecular weight is 294 g/mol. The Labute approximate surface area is 127 Å². The minimum Gasteiger partial charge on any atom is -0.392 e. The second-order valence-electron chi connectivity index (χ2n) is 4.70. The summed E-state index contributed by atoms with van der Waals surface area (Å²) in [6.45, 7) is -0.0640. The minimum atomic E-state index is -0.225. The fourth-order valence-corrected chi connectivity index (χ4v) is 2.08. The molecule has 0 saturated carbocycles. The number of rotatable bonds is 4. The van der Waals surface area contributed by atoms with E-state index in [4.69, 9.17) is 5.11 Å². The van der Waals surface area contributed by atoms with Crippen molar-refractivity contribution in [3.63, 3.8) is 0 Å². The molecule has 6 nitrogen and oxygen atoms in total. The second kappa shape index (κ2) is 6.19. The monoisotopic (exact) mass is 294 g/mol. The number of aromatic nitrogens is 3. The number of aliphatic hydroxyl groups excluding tert-OH is 1. The van der Waals surface area contributed by atoms with Gasteiger partial charge in [0.25, 0.3) is 5.91 Å². The lowest BCUT2D eigenvalue weighted by Gasteiger charge is -2.08. The van der Waals surface area contributed by atoms with Crippen LogP contribution in [-0.2, 0) is 6.61 Å². The van der Waals surface area contributed by atoms with Crippen LogP contribution in [0.1, 0.15) is 15.9 Å². The molecule has 1 heterocycles. The van der Waals surface area contributed by atoms with Gasteiger partial charge in [-0.15, -0.1) is 0 Å². The molecule has 2 N–H and O–H groups in total. The van der Waals surface area contributed by atoms with Crippen LogP contribution in [0.15, 0.2) is 61.2 Å². The highest BCUT2D eigenvalue weighted by atomic mass is 16.3. The molecule has 110 valence electrons. The van der Waals surface area contributed by atoms with Crippen molar-refractivity contribution in [3.05, 3.63) is 72.3 Å². The molecule has 3 rings (SSSR count). The topological polar surface area (TPSA) is 80.0 Å². The zero-order chi connectivity index (χ0) is 15.4. The third-order valence-corrected chi connectivity index (χ3v) is 3.16. The van der Waals surface area contributed by atoms with E-state index in [0.29, 0.717) is 11.3 Å². The number of aliphatic hydroxyl groups is 1. The molecule has 2 aromatic carbocycles. The summed E-state index contributed by atoms with van der Waals surface area (Å²) in [5, 5.41) is 16.0. The van der Waals surface area contributed by atoms with Gasteiger partial charge in [-0.3, -0.25) is 4.79 Å². The van der Waals surface area contributed by atoms with Crippen molar-refractivity contribution in [1.82, 2.24) is 14.8 Å². The molecular formula is C16H14N4O2. The Morgan fingerprint density at radius 1 is 1.18 bits per heavy atom. The predicted octanol–water partition coefficient (Wildman–Crippen LogP) is 2.01. The minimum absolute atomic E-state index is 0.0640. The summed E-state index contributed by atoms with van der Waals surface area (Å²) in [7, 11) is 0. The van der Waals surface area contributed by atoms with Crippen molar-refractivity contribution < 1.29 is 9.90 Å². The molecule has 6 heteroatoms. The van der Waals surface area contributed by atoms with E-state index in [1.807, 2.05) is 6.07 Å². The molecule has 0 aliphatic rings. The highest BCUT2D eigenvalue weighted by Crippen LogP contribution is 2.14. The predicted molar refractivity (Wildman–Crippen MR) is 81.7 cm³/mol. The molecule has 0 unspecified atom stereocenters. The summed E-state index contributed by atoms with van der Waals surface area (Å²) >= 11 is 0. The lowest BCUT2D eigenvalue weighted by atomic mass is 10.1. The van der Waals surface area contributed by atoms with Gasteiger partial charge in [0.05, 0.1) is 12.3 Å². The highest BCUT2D eigenvalue weighted by molar-refractivity contribution is 6.04. The second-order valence-corrected chi connectivity index (χ2v) is 4.70. The largest absolute Gasteiger partial charge is 0.392 e. The zero-order valence-electron chi connectivity index (χ0n) is 11.7. The Morgan fingerprint density at radius 2 is 2.05 bits per heavy atom. The summed E-state index contributed by atoms with van der Waals surface area (Å²) in [4.78, 5) is 16.2. The Hall–Kier alpha value is -2.99. The maximum Gasteiger partial charge on any atom is 0.255 e. The van der Waals surface area contributed by atoms with Gasteiger partial charge in [-0.05, 0) is 35.9 Å². The lowest BCUT2D eigenvalue weighted by molar-refractivity contribution is 0.102. The van der Waals surface area contributed by atoms with Gasteiger partial charge in [0.2, 0.25) is 0 Å². The van der Waals surface area contributed by atoms with Gasteiger partial charge < -0.3 is 10.4 Å². The number of benzene rings is 2. The summed E-state index contributed by atoms with van der Waals surface area (Å²) < 4.78 is 1.59. The maximum absolute atomic E-state index is 12.3. The van der Waals surface area contributed by atoms with Gasteiger partial charge in [-0.25, -0.2) is 9.67 Å². The molecule has 22 heavy (non-hydrogen) atoms. The molecule has 1 aromatic heterocycles. The molecule has 1 amide bonds. The molecule has 0 fully saturated rings. The number of amides is 1. The standard InChI is InChI=1S/C16H14N4O2/c21-9-12-3-1-5-14(7-12)19-16(22)13-4-2-6-15(8-13)20-11-17-10-18-20/h1-8,10-11,21H,9H2,(H,19,22). The summed E-state index contributed by atoms with van der Waals surface area (Å²) in [5.41, 5.74) is 2.66. The number of carbonyl (C=O) groups excluding carboxylic acids is 1. The van der Waals surface area contributed by atoms with Crippen molar-refractivity contribution in [3.8, 4) is 5.69 Å². The van der Waals surface area contributed by atoms with Crippen LogP contribution in [-0.4, -0.2) is 25.8 Å². The van der Waals surface area contributed by atoms with E-state index < -0.39 is 0 Å². The number of nitrogens with zero attached hydrogens (tertiary/aromatic N) is 3. The molecule has 0 spiro atoms. The third kappa shape index (κ3) is 3.02. The number of hydrogen-bond donors (Lipinski definition) is 2. The maximum atomic E-state index is 12.3. The molecule has 0 atom stereocenters. The fourth-order valence-electron chi connectivity index (χ4n) is 2.08. The Bertz CT molecular complexity index is 784. The van der Waals surface area contributed by atoms with Crippen LogP contribution < -0.4 is 5.32 Å². The van der Waals surface area contributed by atoms with E-state index in [9.17, 15) is 4.79 Å². The summed E-state index contributed by atoms with van der Waals surface area (Å²) in [5.74, 6) is -0.225. The van der Waals surface area contributed by atoms with Crippen molar-refractivity contribution in [2.45, 2.75) is 6.61 Å². The average Bonchev–Trinajstić information content (AvgIpc) is 3.09. The van der Waals surface area contributed by atoms with Crippen LogP contribution in [0.25, 0.3) is 5.69 Å². The van der Waals surface area contributed by atoms with Crippen LogP contribution >= 0.6 is 0 Å². The van der Waals surface area contributed by atoms with E-state index in [0.717, 1.165) is 11.3 Å². The molecule has 0 bridgehead atoms. The first-order chi connectivity index (χ1) is 10.8. The van der Waals surface area contributed by atoms with Gasteiger partial charge >= 0.3 is 0 Å². The zero-order valence-corrected chi connectivity index (χ0v) is 11.7. The molecule has 0 aliphatic heterocycles. The Morgan fingerprint density at radius 3 is 2.82 bits per heavy atom. The van der Waals surface area contributed by atoms with Crippen LogP contribution in [0.2, 0.25) is 0 Å². The SMILES string of the molecule is O=C(Nc1cccc(CO)c1)c1cccc(-n2cncn2)c1. The van der Waals surface area contributed by atoms with Crippen LogP contribution in [0.3, 0.4) is 0 Å². The highest BCUT2D eigenvalue weighted by Gasteiger charge is 2.08. The third-order valence-electron chi connectivity index (χ3n) is 3.16. The fraction of sp³-hybridized carbons (Fsp3) is 0.0625. The number of nitrogens with one attached hydrogen (secondary N) is 1. The quantitative estimate of drug-likeness (QED) is 0.771. The van der Waals surface area contributed by atoms with Crippen LogP contribution in [0.5, 0.6) is 0 Å². The van der Waals surface area contributed by atoms with E-state index in [-0.39, 0.29) is 12.5 Å². The van der Waals surface area contributed by atoms with Crippen LogP contribution in [0.4, 0.5) is 5.69 Å². The molecule has 0 radical (unpaired) electrons. The van der Waals surface area contributed by atoms with Crippen LogP contribution in [0, 0.1) is 0 Å². The van der Waals surface area contributed by atoms with Gasteiger partial charge in [-0.2, -0.15) is 5.10 Å². The summed E-state index contributed by atoms with van der Waals surface area (Å²) in [6, 6.07) is 14.2. The molecule has 3 aromatic rings. The smallest absolute Gasteiger partial charge is 0.255 e. The van der Waals surface area contributed by atoms with E-state index in [1.54, 1.807) is 53.5 Å². The van der Waals surface area contributed by atoms with Gasteiger partial charge in [-0.1, -0.05) is 18.2 Å². The first kappa shape index (κ1) is 14.0. The summed E-state index contributed by atoms with van der Waals surface area (Å²) in [6.07, 6.45) is 3.01. The van der Waals surface area contributed by atoms with Crippen molar-refractivity contribution in [2.24, 2.45) is 0 Å². The molecular weight excluding hydrogens is 280 g/mol. The Kier molecular flexibility index (Phi) is 3.93. The number of hydrogen-bond acceptors (Lipinski definition) is 4. The van der Waals surface area contributed by atoms with Crippen molar-refractivity contribution >= 4 is 11.6 Å². The van der Waals surface area contributed by atoms with E-state index in [1.165, 1.54) is 6.33 Å². The Balaban J connectivity index is 1.81. The normalized spacial score (nSPS) is 10.4. The van der Waals surface area contributed by atoms with Crippen molar-refractivity contribution in [1.29, 1.82) is 0 Å². The van der Waals surface area contributed by atoms with Crippen molar-refractivity contribution in [2.75, 3.05) is 5.32 Å². The number of carbonyl (C=O) groups is 1. The molecule has 0 saturated heterocycles. The van der Waals surface area contributed by atoms with E-state index in [2.05, 4.69) is 15.4 Å². The van der Waals surface area contributed by atoms with E-state index >= 15 is 0 Å². The number of anilines is 1. The van der Waals surface area contributed by atoms with Gasteiger partial charge in [0.15, 0.2) is 0 Å². The first-order valence-electron chi connectivity index (χ1n) is 6.72. The molecule has 0 aliphatic carbocycles. The van der Waals surface area contributed by atoms with Gasteiger partial charge in [0, 0.05) is 11.3 Å². The first-order valence-corrected chi connectivity index (χ1v) is 6.72. The van der Waals surface area contributed by atoms with Gasteiger partial charge in [0.1, 0.15) is 12.7 Å².